The third kappa shape index (κ3) is 3.07. The fourth-order valence-corrected chi connectivity index (χ4v) is 4.86. The van der Waals surface area contributed by atoms with Crippen LogP contribution < -0.4 is 4.90 Å². The number of hydrogen-bond acceptors (Lipinski definition) is 4. The number of aliphatic hydroxyl groups is 1. The van der Waals surface area contributed by atoms with E-state index in [1.807, 2.05) is 0 Å². The molecule has 28 heavy (non-hydrogen) atoms. The second-order valence-corrected chi connectivity index (χ2v) is 8.13. The van der Waals surface area contributed by atoms with Crippen molar-refractivity contribution in [2.75, 3.05) is 31.1 Å². The Bertz CT molecular complexity index is 983. The van der Waals surface area contributed by atoms with Gasteiger partial charge < -0.3 is 10.0 Å². The van der Waals surface area contributed by atoms with Crippen LogP contribution in [-0.2, 0) is 19.4 Å². The van der Waals surface area contributed by atoms with E-state index in [1.54, 1.807) is 0 Å². The van der Waals surface area contributed by atoms with Gasteiger partial charge in [-0.15, -0.1) is 0 Å². The number of fused-ring (bicyclic) bond motifs is 2. The Balaban J connectivity index is 1.34. The molecule has 1 fully saturated rings. The SMILES string of the molecule is Cc1cccc2cc(CO)c(N3CCN(C4Cc5ccccc5C4)CC3)nc12. The summed E-state index contributed by atoms with van der Waals surface area (Å²) in [5.74, 6) is 0.957. The second kappa shape index (κ2) is 7.19. The lowest BCUT2D eigenvalue weighted by atomic mass is 10.1. The molecular formula is C24H27N3O. The monoisotopic (exact) mass is 373 g/mol. The Morgan fingerprint density at radius 3 is 2.36 bits per heavy atom. The highest BCUT2D eigenvalue weighted by Gasteiger charge is 2.30. The number of benzene rings is 2. The van der Waals surface area contributed by atoms with E-state index in [1.165, 1.54) is 29.5 Å². The number of piperazine rings is 1. The van der Waals surface area contributed by atoms with Gasteiger partial charge in [0.15, 0.2) is 0 Å². The Labute approximate surface area is 166 Å². The van der Waals surface area contributed by atoms with Crippen LogP contribution in [0, 0.1) is 6.92 Å². The zero-order valence-corrected chi connectivity index (χ0v) is 16.4. The van der Waals surface area contributed by atoms with Crippen LogP contribution in [-0.4, -0.2) is 47.2 Å². The summed E-state index contributed by atoms with van der Waals surface area (Å²) >= 11 is 0. The van der Waals surface area contributed by atoms with Gasteiger partial charge in [0.25, 0.3) is 0 Å². The first-order chi connectivity index (χ1) is 13.7. The lowest BCUT2D eigenvalue weighted by molar-refractivity contribution is 0.189. The van der Waals surface area contributed by atoms with Crippen molar-refractivity contribution in [1.29, 1.82) is 0 Å². The fourth-order valence-electron chi connectivity index (χ4n) is 4.86. The van der Waals surface area contributed by atoms with Crippen LogP contribution in [0.25, 0.3) is 10.9 Å². The molecule has 0 unspecified atom stereocenters. The summed E-state index contributed by atoms with van der Waals surface area (Å²) in [7, 11) is 0. The summed E-state index contributed by atoms with van der Waals surface area (Å²) in [5, 5.41) is 11.0. The average Bonchev–Trinajstić information content (AvgIpc) is 3.17. The maximum Gasteiger partial charge on any atom is 0.134 e. The zero-order chi connectivity index (χ0) is 19.1. The van der Waals surface area contributed by atoms with Gasteiger partial charge in [-0.25, -0.2) is 4.98 Å². The summed E-state index contributed by atoms with van der Waals surface area (Å²) in [4.78, 5) is 9.97. The molecule has 2 aromatic carbocycles. The lowest BCUT2D eigenvalue weighted by Gasteiger charge is -2.39. The number of aromatic nitrogens is 1. The van der Waals surface area contributed by atoms with Gasteiger partial charge in [-0.1, -0.05) is 42.5 Å². The molecule has 2 aliphatic rings. The van der Waals surface area contributed by atoms with E-state index in [9.17, 15) is 5.11 Å². The van der Waals surface area contributed by atoms with Crippen molar-refractivity contribution >= 4 is 16.7 Å². The van der Waals surface area contributed by atoms with Crippen molar-refractivity contribution in [2.45, 2.75) is 32.4 Å². The van der Waals surface area contributed by atoms with E-state index in [0.29, 0.717) is 6.04 Å². The molecule has 0 spiro atoms. The van der Waals surface area contributed by atoms with E-state index in [-0.39, 0.29) is 6.61 Å². The molecule has 1 saturated heterocycles. The van der Waals surface area contributed by atoms with Crippen molar-refractivity contribution < 1.29 is 5.11 Å². The van der Waals surface area contributed by atoms with Crippen LogP contribution in [0.3, 0.4) is 0 Å². The third-order valence-corrected chi connectivity index (χ3v) is 6.43. The summed E-state index contributed by atoms with van der Waals surface area (Å²) in [6.45, 7) is 6.17. The second-order valence-electron chi connectivity index (χ2n) is 8.13. The van der Waals surface area contributed by atoms with Crippen molar-refractivity contribution in [1.82, 2.24) is 9.88 Å². The van der Waals surface area contributed by atoms with Crippen LogP contribution in [0.15, 0.2) is 48.5 Å². The number of aliphatic hydroxyl groups excluding tert-OH is 1. The number of anilines is 1. The van der Waals surface area contributed by atoms with Gasteiger partial charge in [0, 0.05) is 43.2 Å². The maximum atomic E-state index is 9.93. The van der Waals surface area contributed by atoms with Gasteiger partial charge in [0.1, 0.15) is 5.82 Å². The van der Waals surface area contributed by atoms with Crippen molar-refractivity contribution in [3.63, 3.8) is 0 Å². The fraction of sp³-hybridized carbons (Fsp3) is 0.375. The first kappa shape index (κ1) is 17.7. The molecule has 1 aromatic heterocycles. The first-order valence-corrected chi connectivity index (χ1v) is 10.3. The summed E-state index contributed by atoms with van der Waals surface area (Å²) in [6, 6.07) is 17.8. The number of rotatable bonds is 3. The topological polar surface area (TPSA) is 39.6 Å². The van der Waals surface area contributed by atoms with Gasteiger partial charge >= 0.3 is 0 Å². The Morgan fingerprint density at radius 2 is 1.68 bits per heavy atom. The van der Waals surface area contributed by atoms with E-state index in [4.69, 9.17) is 4.98 Å². The molecule has 2 heterocycles. The number of aryl methyl sites for hydroxylation is 1. The van der Waals surface area contributed by atoms with Gasteiger partial charge in [-0.2, -0.15) is 0 Å². The molecule has 0 amide bonds. The average molecular weight is 374 g/mol. The molecule has 0 radical (unpaired) electrons. The number of para-hydroxylation sites is 1. The van der Waals surface area contributed by atoms with E-state index < -0.39 is 0 Å². The standard InChI is InChI=1S/C24H27N3O/c1-17-5-4-8-20-13-21(16-28)24(25-23(17)20)27-11-9-26(10-12-27)22-14-18-6-2-3-7-19(18)15-22/h2-8,13,22,28H,9-12,14-16H2,1H3. The molecular weight excluding hydrogens is 346 g/mol. The van der Waals surface area contributed by atoms with Crippen molar-refractivity contribution in [2.24, 2.45) is 0 Å². The number of hydrogen-bond donors (Lipinski definition) is 1. The Morgan fingerprint density at radius 1 is 0.964 bits per heavy atom. The lowest BCUT2D eigenvalue weighted by Crippen LogP contribution is -2.51. The molecule has 1 N–H and O–H groups in total. The van der Waals surface area contributed by atoms with Crippen molar-refractivity contribution in [3.8, 4) is 0 Å². The van der Waals surface area contributed by atoms with Crippen LogP contribution in [0.5, 0.6) is 0 Å². The van der Waals surface area contributed by atoms with Gasteiger partial charge in [0.2, 0.25) is 0 Å². The molecule has 3 aromatic rings. The molecule has 0 bridgehead atoms. The van der Waals surface area contributed by atoms with E-state index >= 15 is 0 Å². The quantitative estimate of drug-likeness (QED) is 0.765. The molecule has 0 atom stereocenters. The van der Waals surface area contributed by atoms with E-state index in [0.717, 1.165) is 48.5 Å². The van der Waals surface area contributed by atoms with Crippen LogP contribution >= 0.6 is 0 Å². The highest BCUT2D eigenvalue weighted by atomic mass is 16.3. The largest absolute Gasteiger partial charge is 0.392 e. The summed E-state index contributed by atoms with van der Waals surface area (Å²) in [6.07, 6.45) is 2.34. The molecule has 4 heteroatoms. The minimum Gasteiger partial charge on any atom is -0.392 e. The molecule has 0 saturated carbocycles. The van der Waals surface area contributed by atoms with Crippen LogP contribution in [0.4, 0.5) is 5.82 Å². The normalized spacial score (nSPS) is 18.0. The van der Waals surface area contributed by atoms with E-state index in [2.05, 4.69) is 65.3 Å². The first-order valence-electron chi connectivity index (χ1n) is 10.3. The highest BCUT2D eigenvalue weighted by Crippen LogP contribution is 2.29. The van der Waals surface area contributed by atoms with Crippen LogP contribution in [0.1, 0.15) is 22.3 Å². The zero-order valence-electron chi connectivity index (χ0n) is 16.4. The summed E-state index contributed by atoms with van der Waals surface area (Å²) in [5.41, 5.74) is 6.20. The third-order valence-electron chi connectivity index (χ3n) is 6.43. The Kier molecular flexibility index (Phi) is 4.53. The van der Waals surface area contributed by atoms with Gasteiger partial charge in [0.05, 0.1) is 12.1 Å². The van der Waals surface area contributed by atoms with Gasteiger partial charge in [-0.3, -0.25) is 4.90 Å². The molecule has 5 rings (SSSR count). The molecule has 144 valence electrons. The summed E-state index contributed by atoms with van der Waals surface area (Å²) < 4.78 is 0. The predicted octanol–water partition coefficient (Wildman–Crippen LogP) is 3.32. The molecule has 1 aliphatic carbocycles. The van der Waals surface area contributed by atoms with Crippen molar-refractivity contribution in [3.05, 3.63) is 70.8 Å². The number of nitrogens with zero attached hydrogens (tertiary/aromatic N) is 3. The van der Waals surface area contributed by atoms with Crippen LogP contribution in [0.2, 0.25) is 0 Å². The highest BCUT2D eigenvalue weighted by molar-refractivity contribution is 5.84. The molecule has 1 aliphatic heterocycles. The minimum absolute atomic E-state index is 0.0321. The maximum absolute atomic E-state index is 9.93. The molecule has 4 nitrogen and oxygen atoms in total. The number of pyridine rings is 1. The predicted molar refractivity (Wildman–Crippen MR) is 114 cm³/mol. The smallest absolute Gasteiger partial charge is 0.134 e. The Hall–Kier alpha value is -2.43. The minimum atomic E-state index is 0.0321. The van der Waals surface area contributed by atoms with Gasteiger partial charge in [-0.05, 0) is 42.5 Å².